The number of primary amides is 1. The third-order valence-electron chi connectivity index (χ3n) is 5.38. The van der Waals surface area contributed by atoms with Crippen molar-refractivity contribution in [2.75, 3.05) is 0 Å². The highest BCUT2D eigenvalue weighted by Crippen LogP contribution is 2.42. The Morgan fingerprint density at radius 3 is 2.60 bits per heavy atom. The predicted octanol–water partition coefficient (Wildman–Crippen LogP) is 4.74. The lowest BCUT2D eigenvalue weighted by Crippen LogP contribution is -2.43. The Morgan fingerprint density at radius 1 is 1.10 bits per heavy atom. The number of nitrogens with two attached hydrogens (primary N) is 1. The Kier molecular flexibility index (Phi) is 5.75. The Balaban J connectivity index is 1.88. The van der Waals surface area contributed by atoms with Crippen LogP contribution in [0.4, 0.5) is 0 Å². The molecule has 7 heteroatoms. The van der Waals surface area contributed by atoms with Gasteiger partial charge in [-0.25, -0.2) is 0 Å². The SMILES string of the molecule is NC(=O)[C@@H](c1cccnc1)N(C(=O)c1ccccc1Cl)[C@@H]1CCc2ccc(Cl)cc21. The molecule has 1 aliphatic carbocycles. The average Bonchev–Trinajstić information content (AvgIpc) is 3.14. The number of fused-ring (bicyclic) bond motifs is 1. The molecule has 4 rings (SSSR count). The molecule has 0 bridgehead atoms. The molecule has 2 N–H and O–H groups in total. The summed E-state index contributed by atoms with van der Waals surface area (Å²) in [6, 6.07) is 14.5. The van der Waals surface area contributed by atoms with E-state index in [0.29, 0.717) is 27.6 Å². The summed E-state index contributed by atoms with van der Waals surface area (Å²) in [4.78, 5) is 32.0. The minimum atomic E-state index is -1.00. The number of halogens is 2. The highest BCUT2D eigenvalue weighted by molar-refractivity contribution is 6.33. The molecule has 0 unspecified atom stereocenters. The van der Waals surface area contributed by atoms with E-state index in [-0.39, 0.29) is 11.9 Å². The van der Waals surface area contributed by atoms with E-state index >= 15 is 0 Å². The summed E-state index contributed by atoms with van der Waals surface area (Å²) in [6.07, 6.45) is 4.57. The smallest absolute Gasteiger partial charge is 0.256 e. The molecular formula is C23H19Cl2N3O2. The minimum absolute atomic E-state index is 0.310. The second kappa shape index (κ2) is 8.46. The van der Waals surface area contributed by atoms with Gasteiger partial charge >= 0.3 is 0 Å². The quantitative estimate of drug-likeness (QED) is 0.623. The number of aromatic nitrogens is 1. The maximum Gasteiger partial charge on any atom is 0.256 e. The monoisotopic (exact) mass is 439 g/mol. The van der Waals surface area contributed by atoms with E-state index in [1.807, 2.05) is 18.2 Å². The molecule has 1 aromatic heterocycles. The van der Waals surface area contributed by atoms with Gasteiger partial charge in [-0.2, -0.15) is 0 Å². The minimum Gasteiger partial charge on any atom is -0.368 e. The fourth-order valence-electron chi connectivity index (χ4n) is 4.05. The summed E-state index contributed by atoms with van der Waals surface area (Å²) >= 11 is 12.6. The summed E-state index contributed by atoms with van der Waals surface area (Å²) < 4.78 is 0. The van der Waals surface area contributed by atoms with Crippen LogP contribution >= 0.6 is 23.2 Å². The Labute approximate surface area is 184 Å². The summed E-state index contributed by atoms with van der Waals surface area (Å²) in [5.41, 5.74) is 8.68. The van der Waals surface area contributed by atoms with Crippen molar-refractivity contribution >= 4 is 35.0 Å². The van der Waals surface area contributed by atoms with Crippen molar-refractivity contribution in [3.05, 3.63) is 99.3 Å². The molecule has 0 spiro atoms. The zero-order chi connectivity index (χ0) is 21.3. The third-order valence-corrected chi connectivity index (χ3v) is 5.94. The van der Waals surface area contributed by atoms with Gasteiger partial charge in [0, 0.05) is 23.0 Å². The molecule has 5 nitrogen and oxygen atoms in total. The van der Waals surface area contributed by atoms with Gasteiger partial charge in [0.2, 0.25) is 5.91 Å². The number of nitrogens with zero attached hydrogens (tertiary/aromatic N) is 2. The maximum absolute atomic E-state index is 13.7. The highest BCUT2D eigenvalue weighted by Gasteiger charge is 2.40. The second-order valence-corrected chi connectivity index (χ2v) is 8.02. The van der Waals surface area contributed by atoms with E-state index in [4.69, 9.17) is 28.9 Å². The Bertz CT molecular complexity index is 1100. The number of hydrogen-bond donors (Lipinski definition) is 1. The van der Waals surface area contributed by atoms with Crippen LogP contribution in [0.25, 0.3) is 0 Å². The van der Waals surface area contributed by atoms with Gasteiger partial charge in [-0.3, -0.25) is 14.6 Å². The van der Waals surface area contributed by atoms with Crippen molar-refractivity contribution in [3.8, 4) is 0 Å². The molecule has 0 saturated carbocycles. The van der Waals surface area contributed by atoms with Gasteiger partial charge in [0.05, 0.1) is 16.6 Å². The van der Waals surface area contributed by atoms with Crippen LogP contribution in [0.1, 0.15) is 45.6 Å². The Morgan fingerprint density at radius 2 is 1.90 bits per heavy atom. The number of aryl methyl sites for hydroxylation is 1. The van der Waals surface area contributed by atoms with Crippen molar-refractivity contribution in [3.63, 3.8) is 0 Å². The molecular weight excluding hydrogens is 421 g/mol. The van der Waals surface area contributed by atoms with Crippen LogP contribution in [-0.2, 0) is 11.2 Å². The summed E-state index contributed by atoms with van der Waals surface area (Å²) in [6.45, 7) is 0. The number of rotatable bonds is 5. The van der Waals surface area contributed by atoms with Gasteiger partial charge in [-0.05, 0) is 54.3 Å². The van der Waals surface area contributed by atoms with Crippen molar-refractivity contribution in [1.82, 2.24) is 9.88 Å². The van der Waals surface area contributed by atoms with Gasteiger partial charge in [0.25, 0.3) is 5.91 Å². The molecule has 1 aliphatic rings. The highest BCUT2D eigenvalue weighted by atomic mass is 35.5. The number of pyridine rings is 1. The van der Waals surface area contributed by atoms with Crippen LogP contribution in [-0.4, -0.2) is 21.7 Å². The van der Waals surface area contributed by atoms with Gasteiger partial charge in [-0.1, -0.05) is 47.5 Å². The van der Waals surface area contributed by atoms with Crippen molar-refractivity contribution < 1.29 is 9.59 Å². The lowest BCUT2D eigenvalue weighted by Gasteiger charge is -2.36. The lowest BCUT2D eigenvalue weighted by molar-refractivity contribution is -0.123. The van der Waals surface area contributed by atoms with Gasteiger partial charge in [-0.15, -0.1) is 0 Å². The first-order valence-electron chi connectivity index (χ1n) is 9.52. The Hall–Kier alpha value is -2.89. The number of benzene rings is 2. The maximum atomic E-state index is 13.7. The van der Waals surface area contributed by atoms with E-state index in [0.717, 1.165) is 17.5 Å². The van der Waals surface area contributed by atoms with Gasteiger partial charge < -0.3 is 10.6 Å². The molecule has 2 aromatic carbocycles. The predicted molar refractivity (Wildman–Crippen MR) is 116 cm³/mol. The zero-order valence-electron chi connectivity index (χ0n) is 16.0. The first-order chi connectivity index (χ1) is 14.5. The van der Waals surface area contributed by atoms with Crippen LogP contribution in [0.3, 0.4) is 0 Å². The zero-order valence-corrected chi connectivity index (χ0v) is 17.5. The molecule has 2 atom stereocenters. The van der Waals surface area contributed by atoms with Crippen LogP contribution in [0.5, 0.6) is 0 Å². The molecule has 0 fully saturated rings. The summed E-state index contributed by atoms with van der Waals surface area (Å²) in [7, 11) is 0. The number of carbonyl (C=O) groups is 2. The largest absolute Gasteiger partial charge is 0.368 e. The normalized spacial score (nSPS) is 16.0. The lowest BCUT2D eigenvalue weighted by atomic mass is 9.99. The molecule has 0 aliphatic heterocycles. The van der Waals surface area contributed by atoms with E-state index in [2.05, 4.69) is 4.98 Å². The molecule has 152 valence electrons. The van der Waals surface area contributed by atoms with Crippen LogP contribution in [0.2, 0.25) is 10.0 Å². The standard InChI is InChI=1S/C23H19Cl2N3O2/c24-16-9-7-14-8-10-20(18(14)12-16)28(23(30)17-5-1-2-6-19(17)25)21(22(26)29)15-4-3-11-27-13-15/h1-7,9,11-13,20-21H,8,10H2,(H2,26,29)/t20-,21-/m1/s1. The molecule has 1 heterocycles. The van der Waals surface area contributed by atoms with Gasteiger partial charge in [0.15, 0.2) is 0 Å². The van der Waals surface area contributed by atoms with E-state index in [1.165, 1.54) is 4.90 Å². The van der Waals surface area contributed by atoms with Crippen molar-refractivity contribution in [2.45, 2.75) is 24.9 Å². The van der Waals surface area contributed by atoms with E-state index in [9.17, 15) is 9.59 Å². The molecule has 0 radical (unpaired) electrons. The van der Waals surface area contributed by atoms with Crippen molar-refractivity contribution in [2.24, 2.45) is 5.73 Å². The third kappa shape index (κ3) is 3.78. The molecule has 2 amide bonds. The van der Waals surface area contributed by atoms with Crippen LogP contribution in [0.15, 0.2) is 67.0 Å². The second-order valence-electron chi connectivity index (χ2n) is 7.18. The summed E-state index contributed by atoms with van der Waals surface area (Å²) in [5.74, 6) is -1.01. The molecule has 3 aromatic rings. The molecule has 30 heavy (non-hydrogen) atoms. The fourth-order valence-corrected chi connectivity index (χ4v) is 4.45. The number of amides is 2. The average molecular weight is 440 g/mol. The fraction of sp³-hybridized carbons (Fsp3) is 0.174. The first kappa shape index (κ1) is 20.4. The van der Waals surface area contributed by atoms with Crippen molar-refractivity contribution in [1.29, 1.82) is 0 Å². The van der Waals surface area contributed by atoms with E-state index < -0.39 is 11.9 Å². The number of carbonyl (C=O) groups excluding carboxylic acids is 2. The number of hydrogen-bond acceptors (Lipinski definition) is 3. The van der Waals surface area contributed by atoms with Gasteiger partial charge in [0.1, 0.15) is 6.04 Å². The topological polar surface area (TPSA) is 76.3 Å². The summed E-state index contributed by atoms with van der Waals surface area (Å²) in [5, 5.41) is 0.883. The van der Waals surface area contributed by atoms with Crippen LogP contribution < -0.4 is 5.73 Å². The van der Waals surface area contributed by atoms with Crippen LogP contribution in [0, 0.1) is 0 Å². The van der Waals surface area contributed by atoms with E-state index in [1.54, 1.807) is 48.8 Å². The first-order valence-corrected chi connectivity index (χ1v) is 10.3. The molecule has 0 saturated heterocycles.